The molecule has 0 bridgehead atoms. The predicted molar refractivity (Wildman–Crippen MR) is 228 cm³/mol. The normalized spacial score (nSPS) is 11.6. The molecule has 0 aliphatic heterocycles. The van der Waals surface area contributed by atoms with Crippen molar-refractivity contribution in [1.29, 1.82) is 0 Å². The van der Waals surface area contributed by atoms with Gasteiger partial charge in [-0.05, 0) is 73.8 Å². The predicted octanol–water partition coefficient (Wildman–Crippen LogP) is 13.1. The van der Waals surface area contributed by atoms with E-state index in [2.05, 4.69) is 180 Å². The third kappa shape index (κ3) is 5.11. The van der Waals surface area contributed by atoms with E-state index < -0.39 is 0 Å². The highest BCUT2D eigenvalue weighted by molar-refractivity contribution is 6.20. The molecule has 2 heterocycles. The van der Waals surface area contributed by atoms with E-state index in [1.165, 1.54) is 48.7 Å². The molecule has 4 heteroatoms. The SMILES string of the molecule is c1ccc(-c2nc(-c3ccc(-c4c5ccccc5cc5c4ccc4ccccc45)cc3)nc(-c3ccccc3-n3c4ccccc4c4ccccc43)n2)cc1. The summed E-state index contributed by atoms with van der Waals surface area (Å²) in [6, 6.07) is 68.6. The van der Waals surface area contributed by atoms with Crippen LogP contribution in [0.15, 0.2) is 194 Å². The van der Waals surface area contributed by atoms with Gasteiger partial charge in [0, 0.05) is 27.5 Å². The molecule has 4 nitrogen and oxygen atoms in total. The number of aromatic nitrogens is 4. The third-order valence-corrected chi connectivity index (χ3v) is 10.8. The van der Waals surface area contributed by atoms with E-state index in [9.17, 15) is 0 Å². The summed E-state index contributed by atoms with van der Waals surface area (Å²) >= 11 is 0. The van der Waals surface area contributed by atoms with Gasteiger partial charge in [0.25, 0.3) is 0 Å². The Morgan fingerprint density at radius 1 is 0.309 bits per heavy atom. The van der Waals surface area contributed by atoms with Gasteiger partial charge < -0.3 is 4.57 Å². The van der Waals surface area contributed by atoms with Gasteiger partial charge >= 0.3 is 0 Å². The van der Waals surface area contributed by atoms with Crippen molar-refractivity contribution in [3.05, 3.63) is 194 Å². The molecule has 256 valence electrons. The standard InChI is InChI=1S/C51H32N4/c1-2-15-35(16-3-1)49-52-50(54-51(53-49)43-22-10-13-25-47(43)55-45-23-11-8-20-40(45)41-21-9-12-24-46(41)55)36-28-26-34(27-29-36)48-39-19-7-5-17-37(39)32-44-38-18-6-4-14-33(38)30-31-42(44)48/h1-32H. The molecule has 0 atom stereocenters. The Morgan fingerprint density at radius 2 is 0.836 bits per heavy atom. The van der Waals surface area contributed by atoms with Crippen molar-refractivity contribution < 1.29 is 0 Å². The van der Waals surface area contributed by atoms with Crippen molar-refractivity contribution in [2.75, 3.05) is 0 Å². The van der Waals surface area contributed by atoms with Gasteiger partial charge in [-0.3, -0.25) is 0 Å². The van der Waals surface area contributed by atoms with Crippen LogP contribution in [0.25, 0.3) is 105 Å². The lowest BCUT2D eigenvalue weighted by molar-refractivity contribution is 1.06. The fraction of sp³-hybridized carbons (Fsp3) is 0. The van der Waals surface area contributed by atoms with Crippen molar-refractivity contribution >= 4 is 54.1 Å². The van der Waals surface area contributed by atoms with Crippen molar-refractivity contribution in [2.24, 2.45) is 0 Å². The van der Waals surface area contributed by atoms with Crippen LogP contribution in [-0.4, -0.2) is 19.5 Å². The highest BCUT2D eigenvalue weighted by atomic mass is 15.1. The van der Waals surface area contributed by atoms with Crippen LogP contribution in [0.4, 0.5) is 0 Å². The zero-order valence-corrected chi connectivity index (χ0v) is 29.8. The number of rotatable bonds is 5. The Bertz CT molecular complexity index is 3200. The minimum Gasteiger partial charge on any atom is -0.309 e. The van der Waals surface area contributed by atoms with Crippen LogP contribution < -0.4 is 0 Å². The Hall–Kier alpha value is -7.43. The van der Waals surface area contributed by atoms with Gasteiger partial charge in [0.1, 0.15) is 0 Å². The van der Waals surface area contributed by atoms with Gasteiger partial charge in [-0.15, -0.1) is 0 Å². The number of hydrogen-bond acceptors (Lipinski definition) is 3. The van der Waals surface area contributed by atoms with Crippen molar-refractivity contribution in [1.82, 2.24) is 19.5 Å². The van der Waals surface area contributed by atoms with Crippen molar-refractivity contribution in [3.63, 3.8) is 0 Å². The molecule has 11 aromatic rings. The van der Waals surface area contributed by atoms with Crippen molar-refractivity contribution in [2.45, 2.75) is 0 Å². The molecule has 0 fully saturated rings. The van der Waals surface area contributed by atoms with E-state index in [4.69, 9.17) is 15.0 Å². The first-order chi connectivity index (χ1) is 27.3. The molecule has 0 spiro atoms. The molecule has 55 heavy (non-hydrogen) atoms. The maximum Gasteiger partial charge on any atom is 0.166 e. The smallest absolute Gasteiger partial charge is 0.166 e. The second-order valence-corrected chi connectivity index (χ2v) is 14.0. The number of nitrogens with zero attached hydrogens (tertiary/aromatic N) is 4. The fourth-order valence-electron chi connectivity index (χ4n) is 8.30. The molecule has 0 unspecified atom stereocenters. The molecule has 0 saturated heterocycles. The van der Waals surface area contributed by atoms with Crippen LogP contribution in [-0.2, 0) is 0 Å². The molecule has 0 saturated carbocycles. The monoisotopic (exact) mass is 700 g/mol. The minimum absolute atomic E-state index is 0.623. The van der Waals surface area contributed by atoms with Crippen LogP contribution in [0, 0.1) is 0 Å². The zero-order valence-electron chi connectivity index (χ0n) is 29.8. The molecular weight excluding hydrogens is 669 g/mol. The molecule has 0 aliphatic rings. The van der Waals surface area contributed by atoms with Crippen molar-refractivity contribution in [3.8, 4) is 51.0 Å². The lowest BCUT2D eigenvalue weighted by atomic mass is 9.89. The van der Waals surface area contributed by atoms with Gasteiger partial charge in [-0.25, -0.2) is 15.0 Å². The Morgan fingerprint density at radius 3 is 1.56 bits per heavy atom. The molecule has 0 N–H and O–H groups in total. The van der Waals surface area contributed by atoms with E-state index in [1.807, 2.05) is 18.2 Å². The van der Waals surface area contributed by atoms with Crippen LogP contribution in [0.3, 0.4) is 0 Å². The van der Waals surface area contributed by atoms with Crippen LogP contribution in [0.1, 0.15) is 0 Å². The van der Waals surface area contributed by atoms with Gasteiger partial charge in [-0.2, -0.15) is 0 Å². The molecule has 11 rings (SSSR count). The number of hydrogen-bond donors (Lipinski definition) is 0. The molecule has 2 aromatic heterocycles. The third-order valence-electron chi connectivity index (χ3n) is 10.8. The Kier molecular flexibility index (Phi) is 7.14. The summed E-state index contributed by atoms with van der Waals surface area (Å²) in [4.78, 5) is 15.5. The molecule has 0 amide bonds. The summed E-state index contributed by atoms with van der Waals surface area (Å²) in [5, 5.41) is 9.87. The number of fused-ring (bicyclic) bond motifs is 7. The van der Waals surface area contributed by atoms with E-state index in [0.29, 0.717) is 17.5 Å². The lowest BCUT2D eigenvalue weighted by Crippen LogP contribution is -2.03. The highest BCUT2D eigenvalue weighted by Crippen LogP contribution is 2.40. The van der Waals surface area contributed by atoms with E-state index in [1.54, 1.807) is 0 Å². The first-order valence-electron chi connectivity index (χ1n) is 18.6. The quantitative estimate of drug-likeness (QED) is 0.133. The maximum atomic E-state index is 5.23. The van der Waals surface area contributed by atoms with E-state index in [-0.39, 0.29) is 0 Å². The molecule has 0 radical (unpaired) electrons. The van der Waals surface area contributed by atoms with Crippen LogP contribution in [0.2, 0.25) is 0 Å². The first kappa shape index (κ1) is 31.1. The minimum atomic E-state index is 0.623. The Labute approximate surface area is 317 Å². The first-order valence-corrected chi connectivity index (χ1v) is 18.6. The van der Waals surface area contributed by atoms with Gasteiger partial charge in [0.15, 0.2) is 17.5 Å². The fourth-order valence-corrected chi connectivity index (χ4v) is 8.30. The van der Waals surface area contributed by atoms with Gasteiger partial charge in [0.05, 0.1) is 16.7 Å². The molecule has 9 aromatic carbocycles. The lowest BCUT2D eigenvalue weighted by Gasteiger charge is -2.15. The summed E-state index contributed by atoms with van der Waals surface area (Å²) in [7, 11) is 0. The summed E-state index contributed by atoms with van der Waals surface area (Å²) in [6.07, 6.45) is 0. The topological polar surface area (TPSA) is 43.6 Å². The summed E-state index contributed by atoms with van der Waals surface area (Å²) in [5.41, 5.74) is 8.46. The van der Waals surface area contributed by atoms with Crippen LogP contribution in [0.5, 0.6) is 0 Å². The van der Waals surface area contributed by atoms with E-state index in [0.717, 1.165) is 39.0 Å². The number of para-hydroxylation sites is 3. The van der Waals surface area contributed by atoms with E-state index >= 15 is 0 Å². The second-order valence-electron chi connectivity index (χ2n) is 14.0. The van der Waals surface area contributed by atoms with Gasteiger partial charge in [-0.1, -0.05) is 164 Å². The second kappa shape index (κ2) is 12.6. The maximum absolute atomic E-state index is 5.23. The number of benzene rings is 9. The highest BCUT2D eigenvalue weighted by Gasteiger charge is 2.19. The summed E-state index contributed by atoms with van der Waals surface area (Å²) < 4.78 is 2.33. The zero-order chi connectivity index (χ0) is 36.3. The molecule has 0 aliphatic carbocycles. The average Bonchev–Trinajstić information content (AvgIpc) is 3.60. The largest absolute Gasteiger partial charge is 0.309 e. The average molecular weight is 701 g/mol. The summed E-state index contributed by atoms with van der Waals surface area (Å²) in [6.45, 7) is 0. The molecular formula is C51H32N4. The van der Waals surface area contributed by atoms with Gasteiger partial charge in [0.2, 0.25) is 0 Å². The van der Waals surface area contributed by atoms with Crippen LogP contribution >= 0.6 is 0 Å². The summed E-state index contributed by atoms with van der Waals surface area (Å²) in [5.74, 6) is 1.88. The Balaban J connectivity index is 1.10.